The van der Waals surface area contributed by atoms with E-state index in [1.165, 1.54) is 0 Å². The van der Waals surface area contributed by atoms with Crippen molar-refractivity contribution in [3.63, 3.8) is 0 Å². The van der Waals surface area contributed by atoms with E-state index in [1.807, 2.05) is 6.92 Å². The van der Waals surface area contributed by atoms with Crippen LogP contribution in [0.3, 0.4) is 0 Å². The zero-order chi connectivity index (χ0) is 13.4. The summed E-state index contributed by atoms with van der Waals surface area (Å²) in [6, 6.07) is 3.23. The van der Waals surface area contributed by atoms with E-state index in [0.29, 0.717) is 18.8 Å². The van der Waals surface area contributed by atoms with Crippen LogP contribution in [0.1, 0.15) is 19.8 Å². The van der Waals surface area contributed by atoms with Crippen molar-refractivity contribution in [2.75, 3.05) is 22.3 Å². The number of sulfonamides is 1. The molecule has 7 heteroatoms. The average molecular weight is 270 g/mol. The van der Waals surface area contributed by atoms with Crippen LogP contribution in [-0.2, 0) is 10.0 Å². The van der Waals surface area contributed by atoms with E-state index >= 15 is 0 Å². The van der Waals surface area contributed by atoms with Crippen LogP contribution < -0.4 is 10.0 Å². The maximum Gasteiger partial charge on any atom is 0.233 e. The lowest BCUT2D eigenvalue weighted by atomic mass is 10.4. The van der Waals surface area contributed by atoms with Gasteiger partial charge in [0.25, 0.3) is 0 Å². The van der Waals surface area contributed by atoms with Gasteiger partial charge in [0, 0.05) is 6.54 Å². The zero-order valence-corrected chi connectivity index (χ0v) is 11.2. The molecule has 1 heterocycles. The molecule has 18 heavy (non-hydrogen) atoms. The number of aromatic nitrogens is 2. The van der Waals surface area contributed by atoms with Crippen molar-refractivity contribution in [1.29, 1.82) is 0 Å². The molecule has 0 unspecified atom stereocenters. The van der Waals surface area contributed by atoms with Crippen molar-refractivity contribution >= 4 is 21.7 Å². The first kappa shape index (κ1) is 14.4. The third-order valence-electron chi connectivity index (χ3n) is 2.12. The summed E-state index contributed by atoms with van der Waals surface area (Å²) in [6.07, 6.45) is 3.15. The summed E-state index contributed by atoms with van der Waals surface area (Å²) < 4.78 is 25.6. The number of hydrogen-bond donors (Lipinski definition) is 2. The van der Waals surface area contributed by atoms with Crippen LogP contribution in [0.2, 0.25) is 0 Å². The molecule has 1 rings (SSSR count). The Balaban J connectivity index is 2.60. The van der Waals surface area contributed by atoms with E-state index in [2.05, 4.69) is 26.8 Å². The van der Waals surface area contributed by atoms with E-state index in [9.17, 15) is 8.42 Å². The van der Waals surface area contributed by atoms with Crippen molar-refractivity contribution < 1.29 is 8.42 Å². The molecule has 6 nitrogen and oxygen atoms in total. The molecule has 0 fully saturated rings. The van der Waals surface area contributed by atoms with Gasteiger partial charge in [0.2, 0.25) is 10.0 Å². The highest BCUT2D eigenvalue weighted by atomic mass is 32.2. The first-order valence-electron chi connectivity index (χ1n) is 5.76. The molecular weight excluding hydrogens is 252 g/mol. The Morgan fingerprint density at radius 2 is 2.00 bits per heavy atom. The Morgan fingerprint density at radius 1 is 1.33 bits per heavy atom. The molecule has 0 amide bonds. The summed E-state index contributed by atoms with van der Waals surface area (Å²) in [4.78, 5) is 0. The van der Waals surface area contributed by atoms with Gasteiger partial charge < -0.3 is 5.32 Å². The molecule has 1 aromatic heterocycles. The average Bonchev–Trinajstić information content (AvgIpc) is 2.35. The second-order valence-corrected chi connectivity index (χ2v) is 5.59. The fourth-order valence-electron chi connectivity index (χ4n) is 1.20. The Hall–Kier alpha value is -1.63. The number of unbranched alkanes of at least 4 members (excludes halogenated alkanes) is 1. The third kappa shape index (κ3) is 5.13. The largest absolute Gasteiger partial charge is 0.365 e. The lowest BCUT2D eigenvalue weighted by Crippen LogP contribution is -2.17. The van der Waals surface area contributed by atoms with Gasteiger partial charge in [-0.25, -0.2) is 8.42 Å². The van der Waals surface area contributed by atoms with Crippen LogP contribution in [0, 0.1) is 0 Å². The lowest BCUT2D eigenvalue weighted by Gasteiger charge is -2.06. The summed E-state index contributed by atoms with van der Waals surface area (Å²) in [5.74, 6) is 0.906. The quantitative estimate of drug-likeness (QED) is 0.701. The predicted molar refractivity (Wildman–Crippen MR) is 73.0 cm³/mol. The molecule has 0 saturated heterocycles. The van der Waals surface area contributed by atoms with Crippen LogP contribution in [0.15, 0.2) is 24.8 Å². The highest BCUT2D eigenvalue weighted by molar-refractivity contribution is 7.92. The first-order valence-corrected chi connectivity index (χ1v) is 7.41. The first-order chi connectivity index (χ1) is 8.57. The molecule has 0 spiro atoms. The minimum Gasteiger partial charge on any atom is -0.365 e. The molecule has 0 atom stereocenters. The molecule has 0 aliphatic carbocycles. The summed E-state index contributed by atoms with van der Waals surface area (Å²) >= 11 is 0. The van der Waals surface area contributed by atoms with Gasteiger partial charge >= 0.3 is 0 Å². The molecule has 0 radical (unpaired) electrons. The van der Waals surface area contributed by atoms with Crippen molar-refractivity contribution in [3.8, 4) is 0 Å². The van der Waals surface area contributed by atoms with E-state index in [1.54, 1.807) is 18.2 Å². The molecule has 0 aliphatic heterocycles. The fraction of sp³-hybridized carbons (Fsp3) is 0.455. The Bertz CT molecular complexity index is 470. The topological polar surface area (TPSA) is 84.0 Å². The van der Waals surface area contributed by atoms with E-state index in [0.717, 1.165) is 6.42 Å². The number of nitrogens with one attached hydrogen (secondary N) is 2. The smallest absolute Gasteiger partial charge is 0.233 e. The lowest BCUT2D eigenvalue weighted by molar-refractivity contribution is 0.597. The Morgan fingerprint density at radius 3 is 2.56 bits per heavy atom. The summed E-state index contributed by atoms with van der Waals surface area (Å²) in [5, 5.41) is 10.6. The molecular formula is C11H18N4O2S. The molecule has 0 saturated carbocycles. The van der Waals surface area contributed by atoms with Gasteiger partial charge in [0.1, 0.15) is 5.82 Å². The van der Waals surface area contributed by atoms with Gasteiger partial charge in [0.05, 0.1) is 5.75 Å². The van der Waals surface area contributed by atoms with Crippen LogP contribution in [0.5, 0.6) is 0 Å². The maximum atomic E-state index is 11.6. The molecule has 0 aromatic carbocycles. The van der Waals surface area contributed by atoms with Crippen molar-refractivity contribution in [2.45, 2.75) is 19.8 Å². The van der Waals surface area contributed by atoms with Gasteiger partial charge in [0.15, 0.2) is 5.82 Å². The number of rotatable bonds is 8. The maximum absolute atomic E-state index is 11.6. The minimum absolute atomic E-state index is 0.0989. The highest BCUT2D eigenvalue weighted by Gasteiger charge is 2.10. The van der Waals surface area contributed by atoms with Crippen LogP contribution in [0.25, 0.3) is 0 Å². The van der Waals surface area contributed by atoms with Crippen molar-refractivity contribution in [1.82, 2.24) is 10.2 Å². The molecule has 0 bridgehead atoms. The summed E-state index contributed by atoms with van der Waals surface area (Å²) in [6.45, 7) is 6.09. The second kappa shape index (κ2) is 6.95. The van der Waals surface area contributed by atoms with E-state index in [-0.39, 0.29) is 11.6 Å². The van der Waals surface area contributed by atoms with Gasteiger partial charge in [-0.15, -0.1) is 16.8 Å². The van der Waals surface area contributed by atoms with Crippen molar-refractivity contribution in [2.24, 2.45) is 0 Å². The summed E-state index contributed by atoms with van der Waals surface area (Å²) in [7, 11) is -3.32. The normalized spacial score (nSPS) is 10.9. The SMILES string of the molecule is C=CCNc1ccc(NS(=O)(=O)CCCC)nn1. The Kier molecular flexibility index (Phi) is 5.57. The molecule has 100 valence electrons. The minimum atomic E-state index is -3.32. The van der Waals surface area contributed by atoms with Gasteiger partial charge in [-0.3, -0.25) is 4.72 Å². The van der Waals surface area contributed by atoms with Gasteiger partial charge in [-0.1, -0.05) is 19.4 Å². The fourth-order valence-corrected chi connectivity index (χ4v) is 2.40. The molecule has 1 aromatic rings. The second-order valence-electron chi connectivity index (χ2n) is 3.75. The van der Waals surface area contributed by atoms with E-state index < -0.39 is 10.0 Å². The van der Waals surface area contributed by atoms with Crippen LogP contribution in [0.4, 0.5) is 11.6 Å². The molecule has 0 aliphatic rings. The Labute approximate surface area is 108 Å². The molecule has 2 N–H and O–H groups in total. The van der Waals surface area contributed by atoms with Crippen molar-refractivity contribution in [3.05, 3.63) is 24.8 Å². The monoisotopic (exact) mass is 270 g/mol. The standard InChI is InChI=1S/C11H18N4O2S/c1-3-5-9-18(16,17)15-11-7-6-10(13-14-11)12-8-4-2/h4,6-7H,2-3,5,8-9H2,1H3,(H,12,13)(H,14,15). The third-order valence-corrected chi connectivity index (χ3v) is 3.47. The zero-order valence-electron chi connectivity index (χ0n) is 10.4. The summed E-state index contributed by atoms with van der Waals surface area (Å²) in [5.41, 5.74) is 0. The van der Waals surface area contributed by atoms with Crippen LogP contribution in [-0.4, -0.2) is 30.9 Å². The highest BCUT2D eigenvalue weighted by Crippen LogP contribution is 2.08. The number of anilines is 2. The van der Waals surface area contributed by atoms with E-state index in [4.69, 9.17) is 0 Å². The van der Waals surface area contributed by atoms with Crippen LogP contribution >= 0.6 is 0 Å². The number of nitrogens with zero attached hydrogens (tertiary/aromatic N) is 2. The van der Waals surface area contributed by atoms with Gasteiger partial charge in [-0.05, 0) is 18.6 Å². The van der Waals surface area contributed by atoms with Gasteiger partial charge in [-0.2, -0.15) is 0 Å². The predicted octanol–water partition coefficient (Wildman–Crippen LogP) is 1.62. The number of hydrogen-bond acceptors (Lipinski definition) is 5.